The molecule has 1 fully saturated rings. The first-order valence-electron chi connectivity index (χ1n) is 7.09. The fourth-order valence-corrected chi connectivity index (χ4v) is 3.12. The Morgan fingerprint density at radius 3 is 2.19 bits per heavy atom. The van der Waals surface area contributed by atoms with Crippen LogP contribution in [0, 0.1) is 0 Å². The Bertz CT molecular complexity index is 971. The molecule has 0 saturated carbocycles. The second-order valence-corrected chi connectivity index (χ2v) is 6.88. The van der Waals surface area contributed by atoms with Crippen molar-refractivity contribution in [2.24, 2.45) is 0 Å². The van der Waals surface area contributed by atoms with Gasteiger partial charge in [0.15, 0.2) is 0 Å². The molecule has 0 unspecified atom stereocenters. The van der Waals surface area contributed by atoms with Crippen molar-refractivity contribution in [3.05, 3.63) is 67.6 Å². The molecule has 1 aliphatic rings. The lowest BCUT2D eigenvalue weighted by Crippen LogP contribution is -2.54. The minimum Gasteiger partial charge on any atom is -0.273 e. The van der Waals surface area contributed by atoms with E-state index in [0.717, 1.165) is 4.90 Å². The van der Waals surface area contributed by atoms with Crippen LogP contribution < -0.4 is 10.2 Å². The SMILES string of the molecule is O=C1NC(=O)N(c2ccc(Cl)cc2)C(=O)/C1=C\c1cc(Cl)cc(Cl)c1Cl. The third kappa shape index (κ3) is 3.57. The normalized spacial score (nSPS) is 16.2. The van der Waals surface area contributed by atoms with Gasteiger partial charge in [0.1, 0.15) is 5.57 Å². The van der Waals surface area contributed by atoms with Gasteiger partial charge in [-0.1, -0.05) is 46.4 Å². The molecule has 0 radical (unpaired) electrons. The van der Waals surface area contributed by atoms with E-state index in [1.165, 1.54) is 42.5 Å². The number of nitrogens with zero attached hydrogens (tertiary/aromatic N) is 1. The van der Waals surface area contributed by atoms with Gasteiger partial charge in [-0.05, 0) is 48.0 Å². The molecule has 4 amide bonds. The minimum absolute atomic E-state index is 0.124. The number of halogens is 4. The molecule has 1 aliphatic heterocycles. The first-order chi connectivity index (χ1) is 12.3. The van der Waals surface area contributed by atoms with Crippen molar-refractivity contribution in [1.82, 2.24) is 5.32 Å². The zero-order chi connectivity index (χ0) is 19.0. The maximum atomic E-state index is 12.8. The molecule has 9 heteroatoms. The van der Waals surface area contributed by atoms with Crippen LogP contribution in [0.2, 0.25) is 20.1 Å². The van der Waals surface area contributed by atoms with E-state index in [9.17, 15) is 14.4 Å². The van der Waals surface area contributed by atoms with Crippen LogP contribution in [0.4, 0.5) is 10.5 Å². The monoisotopic (exact) mass is 428 g/mol. The van der Waals surface area contributed by atoms with Crippen molar-refractivity contribution < 1.29 is 14.4 Å². The van der Waals surface area contributed by atoms with E-state index >= 15 is 0 Å². The number of nitrogens with one attached hydrogen (secondary N) is 1. The molecule has 0 aromatic heterocycles. The predicted octanol–water partition coefficient (Wildman–Crippen LogP) is 4.97. The molecule has 132 valence electrons. The van der Waals surface area contributed by atoms with Gasteiger partial charge in [-0.25, -0.2) is 9.69 Å². The van der Waals surface area contributed by atoms with Gasteiger partial charge in [0.05, 0.1) is 15.7 Å². The van der Waals surface area contributed by atoms with Crippen LogP contribution in [0.1, 0.15) is 5.56 Å². The van der Waals surface area contributed by atoms with E-state index in [1.807, 2.05) is 0 Å². The van der Waals surface area contributed by atoms with E-state index in [2.05, 4.69) is 5.32 Å². The molecule has 0 aliphatic carbocycles. The Kier molecular flexibility index (Phi) is 5.25. The molecule has 3 rings (SSSR count). The topological polar surface area (TPSA) is 66.5 Å². The molecule has 0 spiro atoms. The molecular weight excluding hydrogens is 422 g/mol. The number of hydrogen-bond acceptors (Lipinski definition) is 3. The maximum absolute atomic E-state index is 12.8. The van der Waals surface area contributed by atoms with Gasteiger partial charge in [-0.15, -0.1) is 0 Å². The summed E-state index contributed by atoms with van der Waals surface area (Å²) in [6.07, 6.45) is 1.23. The molecule has 2 aromatic carbocycles. The lowest BCUT2D eigenvalue weighted by Gasteiger charge is -2.26. The van der Waals surface area contributed by atoms with Gasteiger partial charge in [0, 0.05) is 10.0 Å². The molecule has 1 saturated heterocycles. The van der Waals surface area contributed by atoms with Crippen LogP contribution in [0.25, 0.3) is 6.08 Å². The van der Waals surface area contributed by atoms with Crippen LogP contribution in [0.15, 0.2) is 42.0 Å². The van der Waals surface area contributed by atoms with Gasteiger partial charge in [0.25, 0.3) is 11.8 Å². The number of urea groups is 1. The van der Waals surface area contributed by atoms with Crippen LogP contribution in [0.3, 0.4) is 0 Å². The third-order valence-corrected chi connectivity index (χ3v) is 4.79. The highest BCUT2D eigenvalue weighted by Crippen LogP contribution is 2.32. The summed E-state index contributed by atoms with van der Waals surface area (Å²) in [5, 5.41) is 3.11. The molecule has 1 N–H and O–H groups in total. The standard InChI is InChI=1S/C17H8Cl4N2O3/c18-9-1-3-11(4-2-9)23-16(25)12(15(24)22-17(23)26)6-8-5-10(19)7-13(20)14(8)21/h1-7H,(H,22,24,26)/b12-6-. The molecule has 2 aromatic rings. The Morgan fingerprint density at radius 2 is 1.54 bits per heavy atom. The van der Waals surface area contributed by atoms with Crippen LogP contribution >= 0.6 is 46.4 Å². The lowest BCUT2D eigenvalue weighted by molar-refractivity contribution is -0.122. The van der Waals surface area contributed by atoms with Gasteiger partial charge in [-0.3, -0.25) is 14.9 Å². The maximum Gasteiger partial charge on any atom is 0.335 e. The number of benzene rings is 2. The summed E-state index contributed by atoms with van der Waals surface area (Å²) in [5.41, 5.74) is 0.235. The quantitative estimate of drug-likeness (QED) is 0.416. The van der Waals surface area contributed by atoms with Crippen LogP contribution in [-0.2, 0) is 9.59 Å². The summed E-state index contributed by atoms with van der Waals surface area (Å²) in [6.45, 7) is 0. The number of carbonyl (C=O) groups is 3. The largest absolute Gasteiger partial charge is 0.335 e. The van der Waals surface area contributed by atoms with Crippen molar-refractivity contribution in [3.8, 4) is 0 Å². The molecule has 26 heavy (non-hydrogen) atoms. The molecular formula is C17H8Cl4N2O3. The Hall–Kier alpha value is -2.05. The first-order valence-corrected chi connectivity index (χ1v) is 8.60. The number of carbonyl (C=O) groups excluding carboxylic acids is 3. The summed E-state index contributed by atoms with van der Waals surface area (Å²) < 4.78 is 0. The van der Waals surface area contributed by atoms with Gasteiger partial charge < -0.3 is 0 Å². The third-order valence-electron chi connectivity index (χ3n) is 3.51. The predicted molar refractivity (Wildman–Crippen MR) is 102 cm³/mol. The number of amides is 4. The highest BCUT2D eigenvalue weighted by Gasteiger charge is 2.36. The Balaban J connectivity index is 2.07. The van der Waals surface area contributed by atoms with Crippen molar-refractivity contribution in [3.63, 3.8) is 0 Å². The fourth-order valence-electron chi connectivity index (χ4n) is 2.32. The van der Waals surface area contributed by atoms with E-state index < -0.39 is 17.8 Å². The summed E-state index contributed by atoms with van der Waals surface area (Å²) in [6, 6.07) is 8.02. The second-order valence-electron chi connectivity index (χ2n) is 5.23. The highest BCUT2D eigenvalue weighted by molar-refractivity contribution is 6.45. The first kappa shape index (κ1) is 18.7. The van der Waals surface area contributed by atoms with Gasteiger partial charge >= 0.3 is 6.03 Å². The average Bonchev–Trinajstić information content (AvgIpc) is 2.57. The highest BCUT2D eigenvalue weighted by atomic mass is 35.5. The molecule has 5 nitrogen and oxygen atoms in total. The number of hydrogen-bond donors (Lipinski definition) is 1. The smallest absolute Gasteiger partial charge is 0.273 e. The number of imide groups is 2. The molecule has 1 heterocycles. The number of barbiturate groups is 1. The zero-order valence-corrected chi connectivity index (χ0v) is 15.7. The van der Waals surface area contributed by atoms with E-state index in [1.54, 1.807) is 0 Å². The summed E-state index contributed by atoms with van der Waals surface area (Å²) in [7, 11) is 0. The zero-order valence-electron chi connectivity index (χ0n) is 12.7. The molecule has 0 bridgehead atoms. The van der Waals surface area contributed by atoms with E-state index in [0.29, 0.717) is 5.02 Å². The van der Waals surface area contributed by atoms with Gasteiger partial charge in [-0.2, -0.15) is 0 Å². The second kappa shape index (κ2) is 7.29. The summed E-state index contributed by atoms with van der Waals surface area (Å²) >= 11 is 23.8. The summed E-state index contributed by atoms with van der Waals surface area (Å²) in [4.78, 5) is 37.8. The van der Waals surface area contributed by atoms with Crippen molar-refractivity contribution >= 4 is 76.0 Å². The minimum atomic E-state index is -0.866. The average molecular weight is 430 g/mol. The van der Waals surface area contributed by atoms with Crippen LogP contribution in [-0.4, -0.2) is 17.8 Å². The van der Waals surface area contributed by atoms with Gasteiger partial charge in [0.2, 0.25) is 0 Å². The Labute approximate surface area is 168 Å². The molecule has 0 atom stereocenters. The lowest BCUT2D eigenvalue weighted by atomic mass is 10.1. The summed E-state index contributed by atoms with van der Waals surface area (Å²) in [5.74, 6) is -1.66. The van der Waals surface area contributed by atoms with Crippen molar-refractivity contribution in [1.29, 1.82) is 0 Å². The Morgan fingerprint density at radius 1 is 0.885 bits per heavy atom. The fraction of sp³-hybridized carbons (Fsp3) is 0. The van der Waals surface area contributed by atoms with Crippen molar-refractivity contribution in [2.45, 2.75) is 0 Å². The van der Waals surface area contributed by atoms with E-state index in [4.69, 9.17) is 46.4 Å². The number of anilines is 1. The van der Waals surface area contributed by atoms with Crippen LogP contribution in [0.5, 0.6) is 0 Å². The van der Waals surface area contributed by atoms with Crippen molar-refractivity contribution in [2.75, 3.05) is 4.90 Å². The number of rotatable bonds is 2. The van der Waals surface area contributed by atoms with E-state index in [-0.39, 0.29) is 31.9 Å².